The van der Waals surface area contributed by atoms with Gasteiger partial charge >= 0.3 is 0 Å². The van der Waals surface area contributed by atoms with Crippen molar-refractivity contribution in [2.45, 2.75) is 20.3 Å². The summed E-state index contributed by atoms with van der Waals surface area (Å²) in [6.07, 6.45) is 0.718. The third-order valence-corrected chi connectivity index (χ3v) is 3.20. The maximum Gasteiger partial charge on any atom is 0.166 e. The molecule has 0 aromatic heterocycles. The van der Waals surface area contributed by atoms with Crippen LogP contribution in [0.3, 0.4) is 0 Å². The fourth-order valence-electron chi connectivity index (χ4n) is 2.23. The summed E-state index contributed by atoms with van der Waals surface area (Å²) in [7, 11) is 0. The zero-order chi connectivity index (χ0) is 13.8. The van der Waals surface area contributed by atoms with Gasteiger partial charge in [-0.2, -0.15) is 0 Å². The Labute approximate surface area is 113 Å². The van der Waals surface area contributed by atoms with E-state index < -0.39 is 0 Å². The van der Waals surface area contributed by atoms with E-state index in [1.165, 1.54) is 17.2 Å². The molecule has 2 nitrogen and oxygen atoms in total. The van der Waals surface area contributed by atoms with Crippen molar-refractivity contribution in [3.8, 4) is 5.75 Å². The van der Waals surface area contributed by atoms with E-state index in [1.54, 1.807) is 18.2 Å². The van der Waals surface area contributed by atoms with Crippen LogP contribution in [0.1, 0.15) is 28.4 Å². The largest absolute Gasteiger partial charge is 0.508 e. The molecule has 2 aromatic carbocycles. The van der Waals surface area contributed by atoms with Gasteiger partial charge in [0.1, 0.15) is 5.75 Å². The lowest BCUT2D eigenvalue weighted by molar-refractivity contribution is 0.0929. The van der Waals surface area contributed by atoms with Gasteiger partial charge in [0.15, 0.2) is 5.78 Å². The number of carbonyl (C=O) groups is 1. The lowest BCUT2D eigenvalue weighted by Gasteiger charge is -2.11. The Balaban J connectivity index is 2.12. The van der Waals surface area contributed by atoms with Crippen molar-refractivity contribution in [2.24, 2.45) is 5.92 Å². The summed E-state index contributed by atoms with van der Waals surface area (Å²) in [4.78, 5) is 12.3. The van der Waals surface area contributed by atoms with Crippen LogP contribution in [0.2, 0.25) is 0 Å². The highest BCUT2D eigenvalue weighted by molar-refractivity contribution is 5.98. The Morgan fingerprint density at radius 1 is 1.16 bits per heavy atom. The summed E-state index contributed by atoms with van der Waals surface area (Å²) >= 11 is 0. The number of phenolic OH excluding ortho intramolecular Hbond substituents is 1. The Hall–Kier alpha value is -2.09. The zero-order valence-electron chi connectivity index (χ0n) is 11.3. The van der Waals surface area contributed by atoms with Crippen LogP contribution in [-0.2, 0) is 6.42 Å². The number of phenols is 1. The van der Waals surface area contributed by atoms with Crippen LogP contribution in [0, 0.1) is 12.8 Å². The Morgan fingerprint density at radius 2 is 1.89 bits per heavy atom. The molecule has 0 aliphatic carbocycles. The van der Waals surface area contributed by atoms with Crippen molar-refractivity contribution in [3.63, 3.8) is 0 Å². The molecular weight excluding hydrogens is 236 g/mol. The van der Waals surface area contributed by atoms with Crippen LogP contribution in [0.25, 0.3) is 0 Å². The molecule has 0 aliphatic rings. The van der Waals surface area contributed by atoms with E-state index in [2.05, 4.69) is 6.07 Å². The van der Waals surface area contributed by atoms with Crippen LogP contribution in [0.4, 0.5) is 0 Å². The molecule has 0 saturated heterocycles. The highest BCUT2D eigenvalue weighted by atomic mass is 16.3. The molecule has 0 aliphatic heterocycles. The molecule has 0 bridgehead atoms. The number of benzene rings is 2. The van der Waals surface area contributed by atoms with Crippen molar-refractivity contribution < 1.29 is 9.90 Å². The molecule has 2 heteroatoms. The second-order valence-electron chi connectivity index (χ2n) is 5.01. The van der Waals surface area contributed by atoms with Gasteiger partial charge in [-0.3, -0.25) is 4.79 Å². The molecule has 0 radical (unpaired) electrons. The summed E-state index contributed by atoms with van der Waals surface area (Å²) in [6.45, 7) is 3.97. The lowest BCUT2D eigenvalue weighted by atomic mass is 9.92. The number of rotatable bonds is 4. The smallest absolute Gasteiger partial charge is 0.166 e. The molecule has 0 spiro atoms. The van der Waals surface area contributed by atoms with Crippen LogP contribution >= 0.6 is 0 Å². The quantitative estimate of drug-likeness (QED) is 0.843. The summed E-state index contributed by atoms with van der Waals surface area (Å²) in [5, 5.41) is 9.42. The molecule has 2 aromatic rings. The van der Waals surface area contributed by atoms with Crippen molar-refractivity contribution in [3.05, 3.63) is 65.2 Å². The molecule has 0 heterocycles. The zero-order valence-corrected chi connectivity index (χ0v) is 11.3. The fraction of sp³-hybridized carbons (Fsp3) is 0.235. The molecule has 1 N–H and O–H groups in total. The first-order valence-corrected chi connectivity index (χ1v) is 6.45. The Kier molecular flexibility index (Phi) is 4.00. The Bertz CT molecular complexity index is 587. The van der Waals surface area contributed by atoms with Crippen LogP contribution < -0.4 is 0 Å². The average Bonchev–Trinajstić information content (AvgIpc) is 2.38. The monoisotopic (exact) mass is 254 g/mol. The summed E-state index contributed by atoms with van der Waals surface area (Å²) in [6, 6.07) is 14.7. The minimum absolute atomic E-state index is 0.0670. The van der Waals surface area contributed by atoms with Crippen molar-refractivity contribution in [1.29, 1.82) is 0 Å². The predicted molar refractivity (Wildman–Crippen MR) is 76.5 cm³/mol. The molecule has 0 saturated carbocycles. The summed E-state index contributed by atoms with van der Waals surface area (Å²) in [5.41, 5.74) is 2.94. The molecular formula is C17H18O2. The predicted octanol–water partition coefficient (Wildman–Crippen LogP) is 3.76. The second-order valence-corrected chi connectivity index (χ2v) is 5.01. The van der Waals surface area contributed by atoms with E-state index in [9.17, 15) is 9.90 Å². The molecule has 1 unspecified atom stereocenters. The maximum absolute atomic E-state index is 12.3. The van der Waals surface area contributed by atoms with Gasteiger partial charge < -0.3 is 5.11 Å². The van der Waals surface area contributed by atoms with Gasteiger partial charge in [0.2, 0.25) is 0 Å². The number of aromatic hydroxyl groups is 1. The second kappa shape index (κ2) is 5.70. The number of Topliss-reactive ketones (excluding diaryl/α,β-unsaturated/α-hetero) is 1. The topological polar surface area (TPSA) is 37.3 Å². The molecule has 98 valence electrons. The van der Waals surface area contributed by atoms with Gasteiger partial charge in [-0.05, 0) is 31.0 Å². The minimum atomic E-state index is -0.0939. The standard InChI is InChI=1S/C17H18O2/c1-12-5-3-6-14(9-12)10-13(2)17(19)15-7-4-8-16(18)11-15/h3-9,11,13,18H,10H2,1-2H3. The summed E-state index contributed by atoms with van der Waals surface area (Å²) in [5.74, 6) is 0.106. The van der Waals surface area contributed by atoms with E-state index in [-0.39, 0.29) is 17.5 Å². The van der Waals surface area contributed by atoms with Gasteiger partial charge in [-0.1, -0.05) is 48.9 Å². The number of aryl methyl sites for hydroxylation is 1. The van der Waals surface area contributed by atoms with Crippen LogP contribution in [0.15, 0.2) is 48.5 Å². The normalized spacial score (nSPS) is 12.1. The molecule has 1 atom stereocenters. The first kappa shape index (κ1) is 13.3. The van der Waals surface area contributed by atoms with Crippen LogP contribution in [0.5, 0.6) is 5.75 Å². The number of carbonyl (C=O) groups excluding carboxylic acids is 1. The van der Waals surface area contributed by atoms with E-state index in [1.807, 2.05) is 32.0 Å². The number of ketones is 1. The first-order valence-electron chi connectivity index (χ1n) is 6.45. The van der Waals surface area contributed by atoms with E-state index in [0.717, 1.165) is 6.42 Å². The molecule has 2 rings (SSSR count). The van der Waals surface area contributed by atoms with E-state index in [0.29, 0.717) is 5.56 Å². The first-order chi connectivity index (χ1) is 9.06. The van der Waals surface area contributed by atoms with Gasteiger partial charge in [-0.15, -0.1) is 0 Å². The van der Waals surface area contributed by atoms with Crippen molar-refractivity contribution in [2.75, 3.05) is 0 Å². The lowest BCUT2D eigenvalue weighted by Crippen LogP contribution is -2.14. The number of hydrogen-bond donors (Lipinski definition) is 1. The minimum Gasteiger partial charge on any atom is -0.508 e. The highest BCUT2D eigenvalue weighted by Gasteiger charge is 2.16. The average molecular weight is 254 g/mol. The van der Waals surface area contributed by atoms with E-state index in [4.69, 9.17) is 0 Å². The SMILES string of the molecule is Cc1cccc(CC(C)C(=O)c2cccc(O)c2)c1. The van der Waals surface area contributed by atoms with Gasteiger partial charge in [-0.25, -0.2) is 0 Å². The highest BCUT2D eigenvalue weighted by Crippen LogP contribution is 2.18. The van der Waals surface area contributed by atoms with Crippen molar-refractivity contribution >= 4 is 5.78 Å². The van der Waals surface area contributed by atoms with Crippen molar-refractivity contribution in [1.82, 2.24) is 0 Å². The van der Waals surface area contributed by atoms with Gasteiger partial charge in [0.25, 0.3) is 0 Å². The molecule has 0 amide bonds. The fourth-order valence-corrected chi connectivity index (χ4v) is 2.23. The molecule has 19 heavy (non-hydrogen) atoms. The summed E-state index contributed by atoms with van der Waals surface area (Å²) < 4.78 is 0. The Morgan fingerprint density at radius 3 is 2.58 bits per heavy atom. The van der Waals surface area contributed by atoms with Crippen LogP contribution in [-0.4, -0.2) is 10.9 Å². The van der Waals surface area contributed by atoms with Gasteiger partial charge in [0.05, 0.1) is 0 Å². The third kappa shape index (κ3) is 3.44. The molecule has 0 fully saturated rings. The van der Waals surface area contributed by atoms with Gasteiger partial charge in [0, 0.05) is 11.5 Å². The third-order valence-electron chi connectivity index (χ3n) is 3.20. The number of hydrogen-bond acceptors (Lipinski definition) is 2. The van der Waals surface area contributed by atoms with E-state index >= 15 is 0 Å². The maximum atomic E-state index is 12.3.